The number of rotatable bonds is 2. The number of methoxy groups -OCH3 is 1. The smallest absolute Gasteiger partial charge is 0.301 e. The first-order chi connectivity index (χ1) is 11.7. The Morgan fingerprint density at radius 1 is 0.958 bits per heavy atom. The number of ether oxygens (including phenoxy) is 1. The van der Waals surface area contributed by atoms with E-state index in [2.05, 4.69) is 10.1 Å². The molecule has 7 heteroatoms. The lowest BCUT2D eigenvalue weighted by Crippen LogP contribution is -2.29. The van der Waals surface area contributed by atoms with Gasteiger partial charge in [0.2, 0.25) is 5.65 Å². The fourth-order valence-electron chi connectivity index (χ4n) is 2.63. The molecule has 24 heavy (non-hydrogen) atoms. The van der Waals surface area contributed by atoms with Crippen LogP contribution in [-0.4, -0.2) is 26.3 Å². The maximum atomic E-state index is 12.8. The lowest BCUT2D eigenvalue weighted by Gasteiger charge is -2.11. The normalized spacial score (nSPS) is 11.0. The maximum Gasteiger partial charge on any atom is 0.301 e. The fourth-order valence-corrected chi connectivity index (χ4v) is 2.63. The number of para-hydroxylation sites is 3. The minimum Gasteiger partial charge on any atom is -0.495 e. The first-order valence-corrected chi connectivity index (χ1v) is 7.23. The summed E-state index contributed by atoms with van der Waals surface area (Å²) >= 11 is 0. The highest BCUT2D eigenvalue weighted by molar-refractivity contribution is 5.79. The average molecular weight is 320 g/mol. The van der Waals surface area contributed by atoms with E-state index >= 15 is 0 Å². The van der Waals surface area contributed by atoms with Crippen LogP contribution in [0.15, 0.2) is 64.4 Å². The summed E-state index contributed by atoms with van der Waals surface area (Å²) < 4.78 is 7.62. The Morgan fingerprint density at radius 2 is 1.71 bits per heavy atom. The Labute approximate surface area is 135 Å². The Morgan fingerprint density at radius 3 is 2.54 bits per heavy atom. The lowest BCUT2D eigenvalue weighted by molar-refractivity contribution is 0.412. The third-order valence-electron chi connectivity index (χ3n) is 3.79. The zero-order valence-electron chi connectivity index (χ0n) is 12.7. The van der Waals surface area contributed by atoms with Gasteiger partial charge in [-0.3, -0.25) is 14.2 Å². The van der Waals surface area contributed by atoms with Gasteiger partial charge in [0.25, 0.3) is 5.56 Å². The highest BCUT2D eigenvalue weighted by Gasteiger charge is 2.13. The van der Waals surface area contributed by atoms with Crippen molar-refractivity contribution in [2.24, 2.45) is 0 Å². The van der Waals surface area contributed by atoms with Gasteiger partial charge in [-0.1, -0.05) is 24.3 Å². The van der Waals surface area contributed by atoms with E-state index in [4.69, 9.17) is 4.74 Å². The lowest BCUT2D eigenvalue weighted by atomic mass is 10.2. The van der Waals surface area contributed by atoms with Crippen LogP contribution in [0.3, 0.4) is 0 Å². The molecule has 118 valence electrons. The zero-order valence-corrected chi connectivity index (χ0v) is 12.7. The molecule has 0 radical (unpaired) electrons. The molecule has 0 bridgehead atoms. The second kappa shape index (κ2) is 5.31. The molecule has 0 unspecified atom stereocenters. The van der Waals surface area contributed by atoms with Crippen molar-refractivity contribution in [2.45, 2.75) is 0 Å². The Bertz CT molecular complexity index is 1190. The van der Waals surface area contributed by atoms with Gasteiger partial charge in [0.1, 0.15) is 12.1 Å². The van der Waals surface area contributed by atoms with Crippen molar-refractivity contribution >= 4 is 16.6 Å². The van der Waals surface area contributed by atoms with E-state index in [9.17, 15) is 9.59 Å². The minimum atomic E-state index is -0.447. The van der Waals surface area contributed by atoms with Crippen LogP contribution < -0.4 is 15.9 Å². The molecule has 0 fully saturated rings. The molecule has 0 aliphatic rings. The molecule has 0 saturated heterocycles. The SMILES string of the molecule is COc1ccccc1-n1cnn2c(=O)c3ccccc3nc2c1=O. The molecule has 0 N–H and O–H groups in total. The van der Waals surface area contributed by atoms with Crippen LogP contribution in [0.5, 0.6) is 5.75 Å². The number of hydrogen-bond acceptors (Lipinski definition) is 5. The van der Waals surface area contributed by atoms with Gasteiger partial charge in [-0.15, -0.1) is 0 Å². The Kier molecular flexibility index (Phi) is 3.13. The molecule has 0 saturated carbocycles. The van der Waals surface area contributed by atoms with E-state index in [1.165, 1.54) is 18.0 Å². The molecule has 0 spiro atoms. The largest absolute Gasteiger partial charge is 0.495 e. The van der Waals surface area contributed by atoms with Crippen molar-refractivity contribution in [1.29, 1.82) is 0 Å². The Balaban J connectivity index is 2.11. The highest BCUT2D eigenvalue weighted by atomic mass is 16.5. The average Bonchev–Trinajstić information content (AvgIpc) is 2.63. The summed E-state index contributed by atoms with van der Waals surface area (Å²) in [5, 5.41) is 4.51. The summed E-state index contributed by atoms with van der Waals surface area (Å²) in [4.78, 5) is 29.6. The van der Waals surface area contributed by atoms with Crippen LogP contribution in [-0.2, 0) is 0 Å². The monoisotopic (exact) mass is 320 g/mol. The summed E-state index contributed by atoms with van der Waals surface area (Å²) in [7, 11) is 1.52. The molecule has 0 aliphatic heterocycles. The molecule has 4 aromatic rings. The first kappa shape index (κ1) is 14.1. The van der Waals surface area contributed by atoms with Gasteiger partial charge < -0.3 is 4.74 Å². The predicted octanol–water partition coefficient (Wildman–Crippen LogP) is 1.40. The van der Waals surface area contributed by atoms with Crippen LogP contribution in [0, 0.1) is 0 Å². The minimum absolute atomic E-state index is 0.0351. The van der Waals surface area contributed by atoms with E-state index in [1.807, 2.05) is 0 Å². The molecular formula is C17H12N4O3. The van der Waals surface area contributed by atoms with Gasteiger partial charge in [-0.05, 0) is 24.3 Å². The quantitative estimate of drug-likeness (QED) is 0.522. The van der Waals surface area contributed by atoms with Crippen molar-refractivity contribution in [3.8, 4) is 11.4 Å². The summed E-state index contributed by atoms with van der Waals surface area (Å²) in [5.74, 6) is 0.522. The second-order valence-corrected chi connectivity index (χ2v) is 5.15. The summed E-state index contributed by atoms with van der Waals surface area (Å²) in [6.45, 7) is 0. The van der Waals surface area contributed by atoms with E-state index in [1.54, 1.807) is 48.5 Å². The molecular weight excluding hydrogens is 308 g/mol. The molecule has 0 aliphatic carbocycles. The molecule has 0 atom stereocenters. The molecule has 2 heterocycles. The number of hydrogen-bond donors (Lipinski definition) is 0. The number of benzene rings is 2. The van der Waals surface area contributed by atoms with Crippen molar-refractivity contribution < 1.29 is 4.74 Å². The number of nitrogens with zero attached hydrogens (tertiary/aromatic N) is 4. The predicted molar refractivity (Wildman–Crippen MR) is 88.9 cm³/mol. The first-order valence-electron chi connectivity index (χ1n) is 7.23. The van der Waals surface area contributed by atoms with Crippen molar-refractivity contribution in [2.75, 3.05) is 7.11 Å². The Hall–Kier alpha value is -3.48. The van der Waals surface area contributed by atoms with Gasteiger partial charge in [-0.2, -0.15) is 9.61 Å². The molecule has 2 aromatic carbocycles. The van der Waals surface area contributed by atoms with Crippen LogP contribution >= 0.6 is 0 Å². The van der Waals surface area contributed by atoms with E-state index in [-0.39, 0.29) is 11.2 Å². The number of aromatic nitrogens is 4. The van der Waals surface area contributed by atoms with Crippen molar-refractivity contribution in [1.82, 2.24) is 19.2 Å². The van der Waals surface area contributed by atoms with E-state index < -0.39 is 5.56 Å². The molecule has 7 nitrogen and oxygen atoms in total. The second-order valence-electron chi connectivity index (χ2n) is 5.15. The number of fused-ring (bicyclic) bond motifs is 2. The highest BCUT2D eigenvalue weighted by Crippen LogP contribution is 2.20. The van der Waals surface area contributed by atoms with Gasteiger partial charge in [0, 0.05) is 0 Å². The molecule has 0 amide bonds. The molecule has 2 aromatic heterocycles. The van der Waals surface area contributed by atoms with Crippen LogP contribution in [0.25, 0.3) is 22.2 Å². The van der Waals surface area contributed by atoms with Gasteiger partial charge >= 0.3 is 5.56 Å². The van der Waals surface area contributed by atoms with Gasteiger partial charge in [-0.25, -0.2) is 4.98 Å². The molecule has 4 rings (SSSR count). The summed E-state index contributed by atoms with van der Waals surface area (Å²) in [5.41, 5.74) is 0.130. The maximum absolute atomic E-state index is 12.8. The summed E-state index contributed by atoms with van der Waals surface area (Å²) in [6, 6.07) is 13.9. The van der Waals surface area contributed by atoms with E-state index in [0.717, 1.165) is 4.52 Å². The van der Waals surface area contributed by atoms with Gasteiger partial charge in [0.05, 0.1) is 23.7 Å². The van der Waals surface area contributed by atoms with Crippen molar-refractivity contribution in [3.63, 3.8) is 0 Å². The van der Waals surface area contributed by atoms with Crippen LogP contribution in [0.4, 0.5) is 0 Å². The van der Waals surface area contributed by atoms with Crippen LogP contribution in [0.1, 0.15) is 0 Å². The standard InChI is InChI=1S/C17H12N4O3/c1-24-14-9-5-4-8-13(14)20-10-18-21-15(17(20)23)19-12-7-3-2-6-11(12)16(21)22/h2-10H,1H3. The summed E-state index contributed by atoms with van der Waals surface area (Å²) in [6.07, 6.45) is 1.30. The third-order valence-corrected chi connectivity index (χ3v) is 3.79. The van der Waals surface area contributed by atoms with Crippen molar-refractivity contribution in [3.05, 3.63) is 75.6 Å². The van der Waals surface area contributed by atoms with Gasteiger partial charge in [0.15, 0.2) is 0 Å². The van der Waals surface area contributed by atoms with E-state index in [0.29, 0.717) is 22.3 Å². The topological polar surface area (TPSA) is 78.5 Å². The fraction of sp³-hybridized carbons (Fsp3) is 0.0588. The van der Waals surface area contributed by atoms with Crippen LogP contribution in [0.2, 0.25) is 0 Å². The zero-order chi connectivity index (χ0) is 16.7. The third kappa shape index (κ3) is 1.98.